The maximum absolute atomic E-state index is 11.6. The van der Waals surface area contributed by atoms with Gasteiger partial charge in [0.2, 0.25) is 11.7 Å². The lowest BCUT2D eigenvalue weighted by molar-refractivity contribution is 0.0660. The lowest BCUT2D eigenvalue weighted by Gasteiger charge is -1.99. The number of rotatable bonds is 3. The number of aromatic nitrogens is 2. The maximum atomic E-state index is 11.6. The van der Waals surface area contributed by atoms with E-state index >= 15 is 0 Å². The lowest BCUT2D eigenvalue weighted by Crippen LogP contribution is -2.13. The Hall–Kier alpha value is -2.70. The Morgan fingerprint density at radius 1 is 1.18 bits per heavy atom. The van der Waals surface area contributed by atoms with Crippen LogP contribution in [0.2, 0.25) is 0 Å². The highest BCUT2D eigenvalue weighted by atomic mass is 16.4. The molecule has 0 aliphatic carbocycles. The first-order valence-electron chi connectivity index (χ1n) is 4.58. The van der Waals surface area contributed by atoms with Crippen LogP contribution in [0.15, 0.2) is 35.0 Å². The van der Waals surface area contributed by atoms with E-state index in [0.717, 1.165) is 0 Å². The minimum absolute atomic E-state index is 0.116. The molecular weight excluding hydrogens is 226 g/mol. The topological polar surface area (TPSA) is 105 Å². The van der Waals surface area contributed by atoms with Crippen molar-refractivity contribution in [3.05, 3.63) is 42.1 Å². The summed E-state index contributed by atoms with van der Waals surface area (Å²) >= 11 is 0. The molecule has 7 nitrogen and oxygen atoms in total. The monoisotopic (exact) mass is 233 g/mol. The first-order valence-corrected chi connectivity index (χ1v) is 4.58. The number of carbonyl (C=O) groups excluding carboxylic acids is 1. The van der Waals surface area contributed by atoms with E-state index < -0.39 is 11.9 Å². The standard InChI is InChI=1S/C10H7N3O4/c14-8(13-10-11-4-1-5-12-10)6-2-3-7(17-6)9(15)16/h1-5H,(H,15,16)(H,11,12,13,14). The zero-order valence-corrected chi connectivity index (χ0v) is 8.45. The van der Waals surface area contributed by atoms with Gasteiger partial charge in [-0.3, -0.25) is 10.1 Å². The predicted molar refractivity (Wildman–Crippen MR) is 55.7 cm³/mol. The normalized spacial score (nSPS) is 9.88. The van der Waals surface area contributed by atoms with Gasteiger partial charge in [0, 0.05) is 12.4 Å². The molecule has 2 rings (SSSR count). The first kappa shape index (κ1) is 10.8. The highest BCUT2D eigenvalue weighted by Crippen LogP contribution is 2.09. The van der Waals surface area contributed by atoms with Crippen LogP contribution in [0.5, 0.6) is 0 Å². The zero-order valence-electron chi connectivity index (χ0n) is 8.45. The molecule has 2 aromatic heterocycles. The van der Waals surface area contributed by atoms with Gasteiger partial charge in [0.15, 0.2) is 5.76 Å². The van der Waals surface area contributed by atoms with Crippen LogP contribution in [0, 0.1) is 0 Å². The molecule has 0 bridgehead atoms. The van der Waals surface area contributed by atoms with Gasteiger partial charge in [0.25, 0.3) is 5.91 Å². The summed E-state index contributed by atoms with van der Waals surface area (Å²) < 4.78 is 4.81. The molecule has 0 unspecified atom stereocenters. The summed E-state index contributed by atoms with van der Waals surface area (Å²) in [5.41, 5.74) is 0. The highest BCUT2D eigenvalue weighted by Gasteiger charge is 2.15. The lowest BCUT2D eigenvalue weighted by atomic mass is 10.4. The number of carbonyl (C=O) groups is 2. The van der Waals surface area contributed by atoms with Crippen molar-refractivity contribution < 1.29 is 19.1 Å². The van der Waals surface area contributed by atoms with E-state index in [1.54, 1.807) is 6.07 Å². The minimum atomic E-state index is -1.24. The number of hydrogen-bond donors (Lipinski definition) is 2. The van der Waals surface area contributed by atoms with Crippen LogP contribution in [-0.4, -0.2) is 27.0 Å². The molecule has 0 aliphatic rings. The van der Waals surface area contributed by atoms with Gasteiger partial charge in [0.1, 0.15) is 0 Å². The molecule has 0 atom stereocenters. The van der Waals surface area contributed by atoms with E-state index in [9.17, 15) is 9.59 Å². The molecule has 86 valence electrons. The summed E-state index contributed by atoms with van der Waals surface area (Å²) in [7, 11) is 0. The van der Waals surface area contributed by atoms with E-state index in [4.69, 9.17) is 9.52 Å². The molecule has 2 heterocycles. The second-order valence-corrected chi connectivity index (χ2v) is 3.00. The molecule has 0 aromatic carbocycles. The Morgan fingerprint density at radius 2 is 1.82 bits per heavy atom. The number of hydrogen-bond acceptors (Lipinski definition) is 5. The van der Waals surface area contributed by atoms with E-state index in [0.29, 0.717) is 0 Å². The van der Waals surface area contributed by atoms with Gasteiger partial charge < -0.3 is 9.52 Å². The quantitative estimate of drug-likeness (QED) is 0.819. The Labute approximate surface area is 95.1 Å². The zero-order chi connectivity index (χ0) is 12.3. The van der Waals surface area contributed by atoms with Gasteiger partial charge in [-0.05, 0) is 18.2 Å². The number of amides is 1. The van der Waals surface area contributed by atoms with Gasteiger partial charge >= 0.3 is 5.97 Å². The molecule has 1 amide bonds. The fourth-order valence-corrected chi connectivity index (χ4v) is 1.10. The molecule has 17 heavy (non-hydrogen) atoms. The van der Waals surface area contributed by atoms with Crippen LogP contribution >= 0.6 is 0 Å². The largest absolute Gasteiger partial charge is 0.475 e. The van der Waals surface area contributed by atoms with E-state index in [1.807, 2.05) is 0 Å². The third-order valence-electron chi connectivity index (χ3n) is 1.83. The van der Waals surface area contributed by atoms with Crippen molar-refractivity contribution in [1.82, 2.24) is 9.97 Å². The fourth-order valence-electron chi connectivity index (χ4n) is 1.10. The van der Waals surface area contributed by atoms with Crippen molar-refractivity contribution in [2.24, 2.45) is 0 Å². The second-order valence-electron chi connectivity index (χ2n) is 3.00. The van der Waals surface area contributed by atoms with Crippen LogP contribution in [0.3, 0.4) is 0 Å². The minimum Gasteiger partial charge on any atom is -0.475 e. The maximum Gasteiger partial charge on any atom is 0.371 e. The Bertz CT molecular complexity index is 550. The van der Waals surface area contributed by atoms with Crippen molar-refractivity contribution in [1.29, 1.82) is 0 Å². The van der Waals surface area contributed by atoms with E-state index in [1.165, 1.54) is 24.5 Å². The summed E-state index contributed by atoms with van der Waals surface area (Å²) in [4.78, 5) is 29.7. The number of nitrogens with zero attached hydrogens (tertiary/aromatic N) is 2. The summed E-state index contributed by atoms with van der Waals surface area (Å²) in [5, 5.41) is 11.0. The smallest absolute Gasteiger partial charge is 0.371 e. The highest BCUT2D eigenvalue weighted by molar-refractivity contribution is 6.01. The second kappa shape index (κ2) is 4.44. The fraction of sp³-hybridized carbons (Fsp3) is 0. The molecule has 2 aromatic rings. The Balaban J connectivity index is 2.12. The van der Waals surface area contributed by atoms with Gasteiger partial charge in [-0.25, -0.2) is 14.8 Å². The number of nitrogens with one attached hydrogen (secondary N) is 1. The van der Waals surface area contributed by atoms with Gasteiger partial charge in [0.05, 0.1) is 0 Å². The average Bonchev–Trinajstić information content (AvgIpc) is 2.79. The number of anilines is 1. The van der Waals surface area contributed by atoms with Gasteiger partial charge in [-0.15, -0.1) is 0 Å². The summed E-state index contributed by atoms with van der Waals surface area (Å²) in [6, 6.07) is 4.07. The van der Waals surface area contributed by atoms with Crippen LogP contribution in [-0.2, 0) is 0 Å². The SMILES string of the molecule is O=C(O)c1ccc(C(=O)Nc2ncccn2)o1. The molecular formula is C10H7N3O4. The molecule has 2 N–H and O–H groups in total. The number of aromatic carboxylic acids is 1. The molecule has 0 saturated carbocycles. The molecule has 0 spiro atoms. The first-order chi connectivity index (χ1) is 8.16. The number of furan rings is 1. The summed E-state index contributed by atoms with van der Waals surface area (Å²) in [6.07, 6.45) is 2.93. The van der Waals surface area contributed by atoms with Crippen LogP contribution in [0.4, 0.5) is 5.95 Å². The third-order valence-corrected chi connectivity index (χ3v) is 1.83. The Kier molecular flexibility index (Phi) is 2.82. The van der Waals surface area contributed by atoms with Crippen molar-refractivity contribution in [3.8, 4) is 0 Å². The Morgan fingerprint density at radius 3 is 2.41 bits per heavy atom. The van der Waals surface area contributed by atoms with Crippen molar-refractivity contribution >= 4 is 17.8 Å². The van der Waals surface area contributed by atoms with Gasteiger partial charge in [-0.1, -0.05) is 0 Å². The van der Waals surface area contributed by atoms with Crippen molar-refractivity contribution in [3.63, 3.8) is 0 Å². The predicted octanol–water partition coefficient (Wildman–Crippen LogP) is 1.02. The summed E-state index contributed by atoms with van der Waals surface area (Å²) in [6.45, 7) is 0. The van der Waals surface area contributed by atoms with Crippen molar-refractivity contribution in [2.75, 3.05) is 5.32 Å². The number of carboxylic acid groups (broad SMARTS) is 1. The van der Waals surface area contributed by atoms with Crippen LogP contribution in [0.1, 0.15) is 21.1 Å². The van der Waals surface area contributed by atoms with Crippen LogP contribution in [0.25, 0.3) is 0 Å². The van der Waals surface area contributed by atoms with Crippen molar-refractivity contribution in [2.45, 2.75) is 0 Å². The molecule has 0 radical (unpaired) electrons. The number of carboxylic acids is 1. The summed E-state index contributed by atoms with van der Waals surface area (Å²) in [5.74, 6) is -2.14. The third kappa shape index (κ3) is 2.46. The van der Waals surface area contributed by atoms with E-state index in [2.05, 4.69) is 15.3 Å². The average molecular weight is 233 g/mol. The molecule has 0 fully saturated rings. The van der Waals surface area contributed by atoms with Crippen LogP contribution < -0.4 is 5.32 Å². The molecule has 0 saturated heterocycles. The molecule has 7 heteroatoms. The van der Waals surface area contributed by atoms with E-state index in [-0.39, 0.29) is 17.5 Å². The van der Waals surface area contributed by atoms with Gasteiger partial charge in [-0.2, -0.15) is 0 Å². The molecule has 0 aliphatic heterocycles.